The third-order valence-corrected chi connectivity index (χ3v) is 4.69. The number of rotatable bonds is 3. The molecular weight excluding hydrogens is 240 g/mol. The molecule has 0 saturated carbocycles. The van der Waals surface area contributed by atoms with Crippen LogP contribution in [-0.4, -0.2) is 5.11 Å². The first-order chi connectivity index (χ1) is 8.84. The van der Waals surface area contributed by atoms with Gasteiger partial charge in [-0.05, 0) is 54.5 Å². The summed E-state index contributed by atoms with van der Waals surface area (Å²) in [5, 5.41) is 13.8. The predicted molar refractivity (Wildman–Crippen MR) is 78.0 cm³/mol. The lowest BCUT2D eigenvalue weighted by Crippen LogP contribution is -2.02. The molecule has 1 unspecified atom stereocenters. The van der Waals surface area contributed by atoms with Crippen LogP contribution in [0.2, 0.25) is 0 Å². The van der Waals surface area contributed by atoms with Gasteiger partial charge in [-0.25, -0.2) is 0 Å². The van der Waals surface area contributed by atoms with Gasteiger partial charge in [-0.3, -0.25) is 0 Å². The van der Waals surface area contributed by atoms with Crippen LogP contribution in [0.15, 0.2) is 41.3 Å². The maximum absolute atomic E-state index is 10.5. The third-order valence-electron chi connectivity index (χ3n) is 3.71. The summed E-state index contributed by atoms with van der Waals surface area (Å²) in [5.74, 6) is 0. The number of benzene rings is 1. The van der Waals surface area contributed by atoms with E-state index in [0.717, 1.165) is 18.4 Å². The minimum absolute atomic E-state index is 0.350. The van der Waals surface area contributed by atoms with E-state index in [1.165, 1.54) is 34.9 Å². The van der Waals surface area contributed by atoms with Crippen molar-refractivity contribution in [2.75, 3.05) is 0 Å². The van der Waals surface area contributed by atoms with Crippen LogP contribution in [-0.2, 0) is 0 Å². The second-order valence-electron chi connectivity index (χ2n) is 5.01. The molecule has 1 nitrogen and oxygen atoms in total. The lowest BCUT2D eigenvalue weighted by Gasteiger charge is -2.17. The number of hydrogen-bond acceptors (Lipinski definition) is 2. The number of allylic oxidation sites excluding steroid dienone is 1. The van der Waals surface area contributed by atoms with E-state index in [1.807, 2.05) is 6.07 Å². The van der Waals surface area contributed by atoms with Crippen LogP contribution in [0.3, 0.4) is 0 Å². The Morgan fingerprint density at radius 2 is 2.17 bits per heavy atom. The standard InChI is InChI=1S/C16H18OS/c17-15(11-12-5-2-1-3-6-12)14-8-4-7-13-9-10-18-16(13)14/h4-5,7-10,15,17H,1-3,6,11H2. The van der Waals surface area contributed by atoms with E-state index in [2.05, 4.69) is 29.7 Å². The van der Waals surface area contributed by atoms with Gasteiger partial charge in [0.2, 0.25) is 0 Å². The summed E-state index contributed by atoms with van der Waals surface area (Å²) < 4.78 is 1.24. The van der Waals surface area contributed by atoms with Gasteiger partial charge in [0.25, 0.3) is 0 Å². The van der Waals surface area contributed by atoms with Gasteiger partial charge in [-0.2, -0.15) is 0 Å². The first kappa shape index (κ1) is 11.9. The van der Waals surface area contributed by atoms with Crippen molar-refractivity contribution in [3.8, 4) is 0 Å². The highest BCUT2D eigenvalue weighted by Crippen LogP contribution is 2.33. The smallest absolute Gasteiger partial charge is 0.0840 e. The van der Waals surface area contributed by atoms with Gasteiger partial charge in [-0.15, -0.1) is 11.3 Å². The van der Waals surface area contributed by atoms with Gasteiger partial charge in [0.15, 0.2) is 0 Å². The molecule has 0 bridgehead atoms. The van der Waals surface area contributed by atoms with Gasteiger partial charge < -0.3 is 5.11 Å². The lowest BCUT2D eigenvalue weighted by molar-refractivity contribution is 0.178. The SMILES string of the molecule is OC(CC1=CCCCC1)c1cccc2ccsc12. The molecule has 1 aromatic carbocycles. The number of aliphatic hydroxyl groups is 1. The number of hydrogen-bond donors (Lipinski definition) is 1. The Morgan fingerprint density at radius 1 is 1.22 bits per heavy atom. The van der Waals surface area contributed by atoms with Crippen molar-refractivity contribution in [1.29, 1.82) is 0 Å². The summed E-state index contributed by atoms with van der Waals surface area (Å²) in [6.07, 6.45) is 7.71. The first-order valence-corrected chi connectivity index (χ1v) is 7.54. The zero-order valence-corrected chi connectivity index (χ0v) is 11.2. The number of aliphatic hydroxyl groups excluding tert-OH is 1. The zero-order valence-electron chi connectivity index (χ0n) is 10.4. The molecule has 0 spiro atoms. The molecule has 0 saturated heterocycles. The third kappa shape index (κ3) is 2.36. The highest BCUT2D eigenvalue weighted by atomic mass is 32.1. The van der Waals surface area contributed by atoms with Crippen molar-refractivity contribution in [2.24, 2.45) is 0 Å². The Kier molecular flexibility index (Phi) is 3.48. The van der Waals surface area contributed by atoms with Gasteiger partial charge in [0, 0.05) is 4.70 Å². The van der Waals surface area contributed by atoms with Crippen LogP contribution < -0.4 is 0 Å². The number of fused-ring (bicyclic) bond motifs is 1. The highest BCUT2D eigenvalue weighted by molar-refractivity contribution is 7.17. The molecule has 3 rings (SSSR count). The highest BCUT2D eigenvalue weighted by Gasteiger charge is 2.15. The molecule has 1 aromatic heterocycles. The Morgan fingerprint density at radius 3 is 3.00 bits per heavy atom. The fraction of sp³-hybridized carbons (Fsp3) is 0.375. The van der Waals surface area contributed by atoms with Crippen molar-refractivity contribution in [3.63, 3.8) is 0 Å². The monoisotopic (exact) mass is 258 g/mol. The molecule has 2 aromatic rings. The Bertz CT molecular complexity index is 567. The second-order valence-corrected chi connectivity index (χ2v) is 5.93. The second kappa shape index (κ2) is 5.25. The topological polar surface area (TPSA) is 20.2 Å². The Balaban J connectivity index is 1.85. The maximum atomic E-state index is 10.5. The van der Waals surface area contributed by atoms with Crippen molar-refractivity contribution < 1.29 is 5.11 Å². The van der Waals surface area contributed by atoms with E-state index in [0.29, 0.717) is 0 Å². The van der Waals surface area contributed by atoms with E-state index in [-0.39, 0.29) is 6.10 Å². The average molecular weight is 258 g/mol. The van der Waals surface area contributed by atoms with E-state index < -0.39 is 0 Å². The van der Waals surface area contributed by atoms with E-state index >= 15 is 0 Å². The van der Waals surface area contributed by atoms with Crippen LogP contribution in [0.4, 0.5) is 0 Å². The molecular formula is C16H18OS. The zero-order chi connectivity index (χ0) is 12.4. The summed E-state index contributed by atoms with van der Waals surface area (Å²) in [6, 6.07) is 8.34. The molecule has 2 heteroatoms. The van der Waals surface area contributed by atoms with E-state index in [9.17, 15) is 5.11 Å². The summed E-state index contributed by atoms with van der Waals surface area (Å²) in [7, 11) is 0. The van der Waals surface area contributed by atoms with Gasteiger partial charge in [0.1, 0.15) is 0 Å². The Hall–Kier alpha value is -1.12. The van der Waals surface area contributed by atoms with Crippen molar-refractivity contribution in [3.05, 3.63) is 46.9 Å². The molecule has 1 aliphatic rings. The molecule has 1 atom stereocenters. The molecule has 0 radical (unpaired) electrons. The summed E-state index contributed by atoms with van der Waals surface area (Å²) in [6.45, 7) is 0. The first-order valence-electron chi connectivity index (χ1n) is 6.67. The largest absolute Gasteiger partial charge is 0.388 e. The van der Waals surface area contributed by atoms with Crippen LogP contribution >= 0.6 is 11.3 Å². The number of thiophene rings is 1. The summed E-state index contributed by atoms with van der Waals surface area (Å²) >= 11 is 1.72. The minimum atomic E-state index is -0.350. The molecule has 0 amide bonds. The summed E-state index contributed by atoms with van der Waals surface area (Å²) in [4.78, 5) is 0. The van der Waals surface area contributed by atoms with Crippen molar-refractivity contribution in [1.82, 2.24) is 0 Å². The molecule has 1 aliphatic carbocycles. The van der Waals surface area contributed by atoms with Gasteiger partial charge in [-0.1, -0.05) is 29.8 Å². The molecule has 18 heavy (non-hydrogen) atoms. The lowest BCUT2D eigenvalue weighted by atomic mass is 9.93. The molecule has 0 fully saturated rings. The fourth-order valence-electron chi connectivity index (χ4n) is 2.73. The van der Waals surface area contributed by atoms with Crippen LogP contribution in [0.25, 0.3) is 10.1 Å². The quantitative estimate of drug-likeness (QED) is 0.782. The van der Waals surface area contributed by atoms with E-state index in [1.54, 1.807) is 11.3 Å². The molecule has 94 valence electrons. The molecule has 1 heterocycles. The van der Waals surface area contributed by atoms with Gasteiger partial charge >= 0.3 is 0 Å². The molecule has 0 aliphatic heterocycles. The fourth-order valence-corrected chi connectivity index (χ4v) is 3.69. The van der Waals surface area contributed by atoms with Crippen molar-refractivity contribution in [2.45, 2.75) is 38.2 Å². The van der Waals surface area contributed by atoms with Crippen LogP contribution in [0, 0.1) is 0 Å². The summed E-state index contributed by atoms with van der Waals surface area (Å²) in [5.41, 5.74) is 2.52. The average Bonchev–Trinajstić information content (AvgIpc) is 2.87. The van der Waals surface area contributed by atoms with Crippen molar-refractivity contribution >= 4 is 21.4 Å². The normalized spacial score (nSPS) is 17.7. The van der Waals surface area contributed by atoms with Crippen LogP contribution in [0.1, 0.15) is 43.8 Å². The van der Waals surface area contributed by atoms with Gasteiger partial charge in [0.05, 0.1) is 6.10 Å². The maximum Gasteiger partial charge on any atom is 0.0840 e. The van der Waals surface area contributed by atoms with Crippen LogP contribution in [0.5, 0.6) is 0 Å². The van der Waals surface area contributed by atoms with E-state index in [4.69, 9.17) is 0 Å². The molecule has 1 N–H and O–H groups in total. The predicted octanol–water partition coefficient (Wildman–Crippen LogP) is 4.83. The Labute approximate surface area is 112 Å². The minimum Gasteiger partial charge on any atom is -0.388 e.